The van der Waals surface area contributed by atoms with Gasteiger partial charge in [-0.15, -0.1) is 0 Å². The fraction of sp³-hybridized carbons (Fsp3) is 0.222. The molecule has 0 saturated carbocycles. The lowest BCUT2D eigenvalue weighted by atomic mass is 10.1. The van der Waals surface area contributed by atoms with Gasteiger partial charge in [0, 0.05) is 41.5 Å². The fourth-order valence-electron chi connectivity index (χ4n) is 2.94. The molecule has 1 saturated heterocycles. The highest BCUT2D eigenvalue weighted by molar-refractivity contribution is 6.06. The van der Waals surface area contributed by atoms with E-state index in [0.29, 0.717) is 24.2 Å². The third-order valence-corrected chi connectivity index (χ3v) is 4.24. The number of hydrogen-bond acceptors (Lipinski definition) is 4. The van der Waals surface area contributed by atoms with Gasteiger partial charge in [0.15, 0.2) is 0 Å². The number of anilines is 2. The molecule has 2 aromatic carbocycles. The van der Waals surface area contributed by atoms with Gasteiger partial charge in [-0.3, -0.25) is 19.7 Å². The van der Waals surface area contributed by atoms with Gasteiger partial charge in [0.05, 0.1) is 4.92 Å². The van der Waals surface area contributed by atoms with Gasteiger partial charge in [0.1, 0.15) is 0 Å². The number of carbonyl (C=O) groups is 2. The van der Waals surface area contributed by atoms with E-state index < -0.39 is 10.8 Å². The molecule has 0 radical (unpaired) electrons. The Labute approximate surface area is 144 Å². The summed E-state index contributed by atoms with van der Waals surface area (Å²) in [5.41, 5.74) is 1.74. The van der Waals surface area contributed by atoms with Crippen LogP contribution in [0, 0.1) is 17.0 Å². The Morgan fingerprint density at radius 2 is 2.00 bits per heavy atom. The number of benzene rings is 2. The monoisotopic (exact) mass is 339 g/mol. The minimum Gasteiger partial charge on any atom is -0.322 e. The lowest BCUT2D eigenvalue weighted by Crippen LogP contribution is -2.23. The largest absolute Gasteiger partial charge is 0.322 e. The summed E-state index contributed by atoms with van der Waals surface area (Å²) in [5, 5.41) is 13.8. The van der Waals surface area contributed by atoms with Crippen molar-refractivity contribution >= 4 is 28.9 Å². The summed E-state index contributed by atoms with van der Waals surface area (Å²) in [4.78, 5) is 36.5. The molecular weight excluding hydrogens is 322 g/mol. The Balaban J connectivity index is 1.83. The number of hydrogen-bond donors (Lipinski definition) is 1. The van der Waals surface area contributed by atoms with E-state index in [-0.39, 0.29) is 17.2 Å². The maximum atomic E-state index is 12.5. The van der Waals surface area contributed by atoms with Crippen LogP contribution in [0.1, 0.15) is 28.8 Å². The molecule has 3 rings (SSSR count). The normalized spacial score (nSPS) is 13.8. The standard InChI is InChI=1S/C18H17N3O4/c1-12-15(7-3-8-16(12)21(24)25)18(23)19-13-5-2-6-14(11-13)20-10-4-9-17(20)22/h2-3,5-8,11H,4,9-10H2,1H3,(H,19,23). The number of nitrogens with one attached hydrogen (secondary N) is 1. The van der Waals surface area contributed by atoms with Gasteiger partial charge in [-0.25, -0.2) is 0 Å². The molecule has 1 N–H and O–H groups in total. The van der Waals surface area contributed by atoms with Gasteiger partial charge in [-0.05, 0) is 37.6 Å². The maximum Gasteiger partial charge on any atom is 0.273 e. The zero-order chi connectivity index (χ0) is 18.0. The second-order valence-electron chi connectivity index (χ2n) is 5.86. The average molecular weight is 339 g/mol. The first-order chi connectivity index (χ1) is 12.0. The molecule has 1 heterocycles. The summed E-state index contributed by atoms with van der Waals surface area (Å²) in [6.45, 7) is 2.21. The molecule has 0 bridgehead atoms. The topological polar surface area (TPSA) is 92.6 Å². The summed E-state index contributed by atoms with van der Waals surface area (Å²) in [6.07, 6.45) is 1.35. The van der Waals surface area contributed by atoms with Gasteiger partial charge in [0.2, 0.25) is 5.91 Å². The third-order valence-electron chi connectivity index (χ3n) is 4.24. The summed E-state index contributed by atoms with van der Waals surface area (Å²) < 4.78 is 0. The van der Waals surface area contributed by atoms with Gasteiger partial charge in [-0.1, -0.05) is 12.1 Å². The number of carbonyl (C=O) groups excluding carboxylic acids is 2. The second-order valence-corrected chi connectivity index (χ2v) is 5.86. The highest BCUT2D eigenvalue weighted by Crippen LogP contribution is 2.26. The molecule has 0 unspecified atom stereocenters. The molecule has 1 aliphatic rings. The first-order valence-corrected chi connectivity index (χ1v) is 7.93. The van der Waals surface area contributed by atoms with E-state index in [2.05, 4.69) is 5.32 Å². The Bertz CT molecular complexity index is 863. The molecule has 7 nitrogen and oxygen atoms in total. The maximum absolute atomic E-state index is 12.5. The molecule has 0 atom stereocenters. The summed E-state index contributed by atoms with van der Waals surface area (Å²) in [6, 6.07) is 11.4. The summed E-state index contributed by atoms with van der Waals surface area (Å²) in [7, 11) is 0. The van der Waals surface area contributed by atoms with E-state index in [1.54, 1.807) is 36.1 Å². The minimum absolute atomic E-state index is 0.0676. The molecule has 1 aliphatic heterocycles. The van der Waals surface area contributed by atoms with Crippen molar-refractivity contribution in [3.63, 3.8) is 0 Å². The van der Waals surface area contributed by atoms with Crippen LogP contribution < -0.4 is 10.2 Å². The highest BCUT2D eigenvalue weighted by atomic mass is 16.6. The molecule has 0 spiro atoms. The third kappa shape index (κ3) is 3.35. The second kappa shape index (κ2) is 6.72. The highest BCUT2D eigenvalue weighted by Gasteiger charge is 2.22. The fourth-order valence-corrected chi connectivity index (χ4v) is 2.94. The molecule has 1 fully saturated rings. The molecule has 25 heavy (non-hydrogen) atoms. The van der Waals surface area contributed by atoms with Gasteiger partial charge >= 0.3 is 0 Å². The molecule has 2 amide bonds. The first-order valence-electron chi connectivity index (χ1n) is 7.93. The SMILES string of the molecule is Cc1c(C(=O)Nc2cccc(N3CCCC3=O)c2)cccc1[N+](=O)[O-]. The van der Waals surface area contributed by atoms with Crippen LogP contribution >= 0.6 is 0 Å². The van der Waals surface area contributed by atoms with Crippen molar-refractivity contribution in [1.82, 2.24) is 0 Å². The minimum atomic E-state index is -0.508. The Hall–Kier alpha value is -3.22. The lowest BCUT2D eigenvalue weighted by molar-refractivity contribution is -0.385. The van der Waals surface area contributed by atoms with Crippen LogP contribution in [0.25, 0.3) is 0 Å². The predicted octanol–water partition coefficient (Wildman–Crippen LogP) is 3.28. The molecule has 7 heteroatoms. The van der Waals surface area contributed by atoms with Crippen molar-refractivity contribution in [3.8, 4) is 0 Å². The van der Waals surface area contributed by atoms with Crippen LogP contribution in [0.3, 0.4) is 0 Å². The number of nitro benzene ring substituents is 1. The van der Waals surface area contributed by atoms with Crippen molar-refractivity contribution in [3.05, 3.63) is 63.7 Å². The lowest BCUT2D eigenvalue weighted by Gasteiger charge is -2.17. The first kappa shape index (κ1) is 16.6. The number of amides is 2. The molecule has 0 aromatic heterocycles. The zero-order valence-electron chi connectivity index (χ0n) is 13.7. The van der Waals surface area contributed by atoms with Gasteiger partial charge in [0.25, 0.3) is 11.6 Å². The van der Waals surface area contributed by atoms with Crippen molar-refractivity contribution in [2.45, 2.75) is 19.8 Å². The Morgan fingerprint density at radius 1 is 1.24 bits per heavy atom. The van der Waals surface area contributed by atoms with Gasteiger partial charge in [-0.2, -0.15) is 0 Å². The van der Waals surface area contributed by atoms with E-state index in [4.69, 9.17) is 0 Å². The smallest absolute Gasteiger partial charge is 0.273 e. The van der Waals surface area contributed by atoms with Crippen LogP contribution in [0.15, 0.2) is 42.5 Å². The zero-order valence-corrected chi connectivity index (χ0v) is 13.7. The van der Waals surface area contributed by atoms with Crippen molar-refractivity contribution in [1.29, 1.82) is 0 Å². The van der Waals surface area contributed by atoms with Crippen LogP contribution in [0.2, 0.25) is 0 Å². The van der Waals surface area contributed by atoms with Gasteiger partial charge < -0.3 is 10.2 Å². The Morgan fingerprint density at radius 3 is 2.68 bits per heavy atom. The van der Waals surface area contributed by atoms with Crippen LogP contribution in [0.4, 0.5) is 17.1 Å². The van der Waals surface area contributed by atoms with Crippen molar-refractivity contribution in [2.75, 3.05) is 16.8 Å². The van der Waals surface area contributed by atoms with Crippen LogP contribution in [0.5, 0.6) is 0 Å². The number of rotatable bonds is 4. The van der Waals surface area contributed by atoms with Crippen molar-refractivity contribution < 1.29 is 14.5 Å². The van der Waals surface area contributed by atoms with E-state index in [9.17, 15) is 19.7 Å². The number of nitrogens with zero attached hydrogens (tertiary/aromatic N) is 2. The van der Waals surface area contributed by atoms with E-state index in [1.807, 2.05) is 6.07 Å². The predicted molar refractivity (Wildman–Crippen MR) is 93.8 cm³/mol. The number of nitro groups is 1. The molecule has 2 aromatic rings. The average Bonchev–Trinajstić information content (AvgIpc) is 3.01. The van der Waals surface area contributed by atoms with E-state index in [1.165, 1.54) is 12.1 Å². The Kier molecular flexibility index (Phi) is 4.47. The molecular formula is C18H17N3O4. The quantitative estimate of drug-likeness (QED) is 0.683. The van der Waals surface area contributed by atoms with Crippen molar-refractivity contribution in [2.24, 2.45) is 0 Å². The summed E-state index contributed by atoms with van der Waals surface area (Å²) in [5.74, 6) is -0.357. The van der Waals surface area contributed by atoms with E-state index >= 15 is 0 Å². The summed E-state index contributed by atoms with van der Waals surface area (Å²) >= 11 is 0. The molecule has 0 aliphatic carbocycles. The van der Waals surface area contributed by atoms with Crippen LogP contribution in [-0.4, -0.2) is 23.3 Å². The molecule has 128 valence electrons. The van der Waals surface area contributed by atoms with E-state index in [0.717, 1.165) is 12.1 Å². The van der Waals surface area contributed by atoms with Crippen LogP contribution in [-0.2, 0) is 4.79 Å².